The molecule has 0 saturated carbocycles. The van der Waals surface area contributed by atoms with Crippen LogP contribution >= 0.6 is 0 Å². The molecule has 1 aromatic heterocycles. The molecule has 1 nitrogen and oxygen atoms in total. The number of fused-ring (bicyclic) bond motifs is 6. The molecule has 7 aromatic carbocycles. The average molecular weight is 829 g/mol. The van der Waals surface area contributed by atoms with E-state index in [9.17, 15) is 0 Å². The molecule has 2 heteroatoms. The maximum Gasteiger partial charge on any atom is 0.0352 e. The molecule has 0 fully saturated rings. The first-order valence-electron chi connectivity index (χ1n) is 17.3. The predicted molar refractivity (Wildman–Crippen MR) is 206 cm³/mol. The fourth-order valence-corrected chi connectivity index (χ4v) is 7.84. The minimum atomic E-state index is 0. The normalized spacial score (nSPS) is 12.4. The van der Waals surface area contributed by atoms with E-state index < -0.39 is 0 Å². The molecule has 0 amide bonds. The van der Waals surface area contributed by atoms with Gasteiger partial charge in [-0.2, -0.15) is 0 Å². The van der Waals surface area contributed by atoms with Crippen LogP contribution in [0.1, 0.15) is 45.2 Å². The molecule has 1 radical (unpaired) electrons. The Labute approximate surface area is 313 Å². The van der Waals surface area contributed by atoms with Crippen molar-refractivity contribution in [3.8, 4) is 44.6 Å². The molecule has 10 rings (SSSR count). The van der Waals surface area contributed by atoms with Crippen molar-refractivity contribution < 1.29 is 20.1 Å². The number of rotatable bonds is 4. The SMILES string of the molecule is [Ir].[c-]1ccccc1-c1ccccn1.c1ccc2c(c1)-c1ccccc1C2c1ccc(-c2ccc(C3c4ccccc4-c4ccccc43)cc2)cc1. The maximum absolute atomic E-state index is 4.22. The smallest absolute Gasteiger partial charge is 0.0352 e. The van der Waals surface area contributed by atoms with Crippen molar-refractivity contribution in [2.45, 2.75) is 11.8 Å². The Kier molecular flexibility index (Phi) is 9.12. The summed E-state index contributed by atoms with van der Waals surface area (Å²) in [7, 11) is 0. The van der Waals surface area contributed by atoms with Gasteiger partial charge < -0.3 is 4.98 Å². The van der Waals surface area contributed by atoms with Gasteiger partial charge in [0, 0.05) is 38.1 Å². The molecule has 0 aliphatic heterocycles. The molecule has 0 atom stereocenters. The largest absolute Gasteiger partial charge is 0.305 e. The van der Waals surface area contributed by atoms with Gasteiger partial charge in [0.25, 0.3) is 0 Å². The third-order valence-electron chi connectivity index (χ3n) is 10.1. The van der Waals surface area contributed by atoms with Crippen LogP contribution in [0.3, 0.4) is 0 Å². The molecule has 0 spiro atoms. The molecule has 51 heavy (non-hydrogen) atoms. The molecule has 0 N–H and O–H groups in total. The zero-order valence-corrected chi connectivity index (χ0v) is 30.3. The van der Waals surface area contributed by atoms with Gasteiger partial charge >= 0.3 is 0 Å². The third kappa shape index (κ3) is 6.08. The second-order valence-corrected chi connectivity index (χ2v) is 13.0. The van der Waals surface area contributed by atoms with E-state index in [-0.39, 0.29) is 20.1 Å². The Hall–Kier alpha value is -5.66. The van der Waals surface area contributed by atoms with Crippen LogP contribution in [0.4, 0.5) is 0 Å². The van der Waals surface area contributed by atoms with E-state index in [4.69, 9.17) is 0 Å². The van der Waals surface area contributed by atoms with Crippen LogP contribution in [0.25, 0.3) is 44.6 Å². The van der Waals surface area contributed by atoms with Crippen molar-refractivity contribution in [2.75, 3.05) is 0 Å². The van der Waals surface area contributed by atoms with Gasteiger partial charge in [-0.1, -0.05) is 158 Å². The van der Waals surface area contributed by atoms with Gasteiger partial charge in [0.2, 0.25) is 0 Å². The number of hydrogen-bond acceptors (Lipinski definition) is 1. The molecule has 1 heterocycles. The Morgan fingerprint density at radius 2 is 0.765 bits per heavy atom. The van der Waals surface area contributed by atoms with Crippen LogP contribution in [0.5, 0.6) is 0 Å². The molecule has 0 saturated heterocycles. The summed E-state index contributed by atoms with van der Waals surface area (Å²) >= 11 is 0. The van der Waals surface area contributed by atoms with Crippen molar-refractivity contribution in [1.82, 2.24) is 4.98 Å². The van der Waals surface area contributed by atoms with E-state index >= 15 is 0 Å². The summed E-state index contributed by atoms with van der Waals surface area (Å²) < 4.78 is 0. The van der Waals surface area contributed by atoms with E-state index in [1.165, 1.54) is 66.8 Å². The standard InChI is InChI=1S/C38H26.C11H8N.Ir/c1-5-13-33-29(9-1)30-10-2-6-14-34(30)37(33)27-21-17-25(18-22-27)26-19-23-28(24-20-26)38-35-15-7-3-11-31(35)32-12-4-8-16-36(32)38;1-2-6-10(7-3-1)11-8-4-5-9-12-11;/h1-24,37-38H;1-6,8-9H;/q;-1;. The van der Waals surface area contributed by atoms with Crippen molar-refractivity contribution in [2.24, 2.45) is 0 Å². The van der Waals surface area contributed by atoms with Crippen molar-refractivity contribution in [1.29, 1.82) is 0 Å². The molecule has 2 aliphatic rings. The van der Waals surface area contributed by atoms with Gasteiger partial charge in [0.15, 0.2) is 0 Å². The fraction of sp³-hybridized carbons (Fsp3) is 0.0408. The topological polar surface area (TPSA) is 12.9 Å². The molecule has 0 unspecified atom stereocenters. The maximum atomic E-state index is 4.22. The number of pyridine rings is 1. The van der Waals surface area contributed by atoms with Crippen LogP contribution < -0.4 is 0 Å². The van der Waals surface area contributed by atoms with E-state index in [0.717, 1.165) is 11.3 Å². The summed E-state index contributed by atoms with van der Waals surface area (Å²) in [6.45, 7) is 0. The van der Waals surface area contributed by atoms with Crippen LogP contribution in [0.15, 0.2) is 194 Å². The van der Waals surface area contributed by atoms with Crippen LogP contribution in [0, 0.1) is 6.07 Å². The zero-order valence-electron chi connectivity index (χ0n) is 27.9. The first-order valence-corrected chi connectivity index (χ1v) is 17.3. The summed E-state index contributed by atoms with van der Waals surface area (Å²) in [4.78, 5) is 4.22. The van der Waals surface area contributed by atoms with Crippen LogP contribution in [-0.4, -0.2) is 4.98 Å². The second-order valence-electron chi connectivity index (χ2n) is 13.0. The van der Waals surface area contributed by atoms with Gasteiger partial charge in [-0.25, -0.2) is 0 Å². The van der Waals surface area contributed by atoms with Gasteiger partial charge in [0.05, 0.1) is 0 Å². The van der Waals surface area contributed by atoms with Crippen LogP contribution in [-0.2, 0) is 20.1 Å². The van der Waals surface area contributed by atoms with Crippen LogP contribution in [0.2, 0.25) is 0 Å². The summed E-state index contributed by atoms with van der Waals surface area (Å²) in [5.41, 5.74) is 18.3. The van der Waals surface area contributed by atoms with E-state index in [0.29, 0.717) is 11.8 Å². The van der Waals surface area contributed by atoms with Gasteiger partial charge in [0.1, 0.15) is 0 Å². The fourth-order valence-electron chi connectivity index (χ4n) is 7.84. The monoisotopic (exact) mass is 829 g/mol. The van der Waals surface area contributed by atoms with Crippen molar-refractivity contribution in [3.63, 3.8) is 0 Å². The zero-order chi connectivity index (χ0) is 33.3. The molecular formula is C49H34IrN-. The Morgan fingerprint density at radius 1 is 0.373 bits per heavy atom. The molecule has 8 aromatic rings. The molecular weight excluding hydrogens is 795 g/mol. The van der Waals surface area contributed by atoms with Gasteiger partial charge in [-0.3, -0.25) is 0 Å². The second kappa shape index (κ2) is 14.3. The van der Waals surface area contributed by atoms with E-state index in [2.05, 4.69) is 157 Å². The quantitative estimate of drug-likeness (QED) is 0.161. The molecule has 245 valence electrons. The summed E-state index contributed by atoms with van der Waals surface area (Å²) in [6.07, 6.45) is 1.79. The first kappa shape index (κ1) is 32.5. The Bertz CT molecular complexity index is 2150. The minimum absolute atomic E-state index is 0. The number of nitrogens with zero attached hydrogens (tertiary/aromatic N) is 1. The summed E-state index contributed by atoms with van der Waals surface area (Å²) in [6, 6.07) is 70.6. The van der Waals surface area contributed by atoms with Gasteiger partial charge in [-0.05, 0) is 78.5 Å². The Morgan fingerprint density at radius 3 is 1.14 bits per heavy atom. The van der Waals surface area contributed by atoms with E-state index in [1.54, 1.807) is 6.20 Å². The minimum Gasteiger partial charge on any atom is -0.305 e. The van der Waals surface area contributed by atoms with Crippen molar-refractivity contribution >= 4 is 0 Å². The van der Waals surface area contributed by atoms with E-state index in [1.807, 2.05) is 42.5 Å². The third-order valence-corrected chi connectivity index (χ3v) is 10.1. The molecule has 0 bridgehead atoms. The first-order chi connectivity index (χ1) is 24.8. The Balaban J connectivity index is 0.000000245. The molecule has 2 aliphatic carbocycles. The summed E-state index contributed by atoms with van der Waals surface area (Å²) in [5, 5.41) is 0. The number of aromatic nitrogens is 1. The predicted octanol–water partition coefficient (Wildman–Crippen LogP) is 12.2. The van der Waals surface area contributed by atoms with Gasteiger partial charge in [-0.15, -0.1) is 35.9 Å². The number of hydrogen-bond donors (Lipinski definition) is 0. The average Bonchev–Trinajstić information content (AvgIpc) is 3.72. The van der Waals surface area contributed by atoms with Crippen molar-refractivity contribution in [3.05, 3.63) is 234 Å². The summed E-state index contributed by atoms with van der Waals surface area (Å²) in [5.74, 6) is 0.586. The number of benzene rings is 7.